The highest BCUT2D eigenvalue weighted by Crippen LogP contribution is 2.27. The number of amides is 1. The smallest absolute Gasteiger partial charge is 0.289 e. The van der Waals surface area contributed by atoms with Gasteiger partial charge in [-0.25, -0.2) is 8.42 Å². The molecular weight excluding hydrogens is 430 g/mol. The first-order chi connectivity index (χ1) is 14.4. The fourth-order valence-electron chi connectivity index (χ4n) is 3.25. The van der Waals surface area contributed by atoms with Crippen LogP contribution in [-0.4, -0.2) is 64.8 Å². The molecule has 10 nitrogen and oxygen atoms in total. The van der Waals surface area contributed by atoms with E-state index in [2.05, 4.69) is 10.2 Å². The van der Waals surface area contributed by atoms with Gasteiger partial charge in [-0.1, -0.05) is 18.2 Å². The van der Waals surface area contributed by atoms with Crippen LogP contribution in [0, 0.1) is 10.1 Å². The zero-order valence-electron chi connectivity index (χ0n) is 15.6. The van der Waals surface area contributed by atoms with Gasteiger partial charge in [-0.2, -0.15) is 9.40 Å². The number of rotatable bonds is 5. The summed E-state index contributed by atoms with van der Waals surface area (Å²) in [7, 11) is -4.04. The van der Waals surface area contributed by atoms with Gasteiger partial charge in [0.2, 0.25) is 10.0 Å². The molecule has 1 aliphatic rings. The number of aromatic amines is 1. The van der Waals surface area contributed by atoms with Gasteiger partial charge in [-0.05, 0) is 23.6 Å². The summed E-state index contributed by atoms with van der Waals surface area (Å²) in [6, 6.07) is 10.7. The number of hydrogen-bond acceptors (Lipinski definition) is 7. The molecule has 0 spiro atoms. The van der Waals surface area contributed by atoms with E-state index >= 15 is 0 Å². The molecule has 1 aliphatic heterocycles. The molecule has 0 saturated carbocycles. The number of sulfonamides is 1. The average molecular weight is 447 g/mol. The monoisotopic (exact) mass is 447 g/mol. The Hall–Kier alpha value is -3.09. The van der Waals surface area contributed by atoms with Crippen LogP contribution in [-0.2, 0) is 10.0 Å². The lowest BCUT2D eigenvalue weighted by Crippen LogP contribution is -2.50. The molecule has 156 valence electrons. The maximum Gasteiger partial charge on any atom is 0.289 e. The van der Waals surface area contributed by atoms with Crippen molar-refractivity contribution in [1.82, 2.24) is 19.4 Å². The van der Waals surface area contributed by atoms with Crippen LogP contribution in [0.2, 0.25) is 0 Å². The Morgan fingerprint density at radius 2 is 1.87 bits per heavy atom. The molecule has 2 aromatic heterocycles. The fourth-order valence-corrected chi connectivity index (χ4v) is 5.52. The zero-order chi connectivity index (χ0) is 21.3. The van der Waals surface area contributed by atoms with Crippen molar-refractivity contribution in [3.05, 3.63) is 63.7 Å². The quantitative estimate of drug-likeness (QED) is 0.471. The number of benzene rings is 1. The number of carbonyl (C=O) groups is 1. The third-order valence-electron chi connectivity index (χ3n) is 4.79. The predicted octanol–water partition coefficient (Wildman–Crippen LogP) is 2.19. The van der Waals surface area contributed by atoms with E-state index in [0.29, 0.717) is 0 Å². The van der Waals surface area contributed by atoms with E-state index in [4.69, 9.17) is 0 Å². The van der Waals surface area contributed by atoms with Gasteiger partial charge in [0.1, 0.15) is 0 Å². The van der Waals surface area contributed by atoms with Crippen molar-refractivity contribution < 1.29 is 18.1 Å². The lowest BCUT2D eigenvalue weighted by atomic mass is 10.2. The zero-order valence-corrected chi connectivity index (χ0v) is 17.2. The van der Waals surface area contributed by atoms with E-state index < -0.39 is 20.6 Å². The molecule has 1 fully saturated rings. The van der Waals surface area contributed by atoms with E-state index in [1.807, 2.05) is 17.5 Å². The van der Waals surface area contributed by atoms with E-state index in [9.17, 15) is 23.3 Å². The second-order valence-electron chi connectivity index (χ2n) is 6.57. The number of piperazine rings is 1. The molecule has 3 heterocycles. The topological polar surface area (TPSA) is 130 Å². The molecule has 12 heteroatoms. The normalized spacial score (nSPS) is 15.3. The van der Waals surface area contributed by atoms with Crippen LogP contribution < -0.4 is 0 Å². The van der Waals surface area contributed by atoms with Gasteiger partial charge in [-0.15, -0.1) is 11.3 Å². The van der Waals surface area contributed by atoms with Crippen molar-refractivity contribution >= 4 is 33.0 Å². The maximum absolute atomic E-state index is 12.9. The lowest BCUT2D eigenvalue weighted by Gasteiger charge is -2.33. The Morgan fingerprint density at radius 3 is 2.53 bits per heavy atom. The number of nitro groups is 1. The first kappa shape index (κ1) is 20.2. The van der Waals surface area contributed by atoms with Gasteiger partial charge in [0, 0.05) is 32.2 Å². The SMILES string of the molecule is O=C(c1cc(-c2cccs2)[nH]n1)N1CCN(S(=O)(=O)c2ccccc2[N+](=O)[O-])CC1. The van der Waals surface area contributed by atoms with Gasteiger partial charge in [0.15, 0.2) is 10.6 Å². The molecule has 1 saturated heterocycles. The van der Waals surface area contributed by atoms with Gasteiger partial charge >= 0.3 is 0 Å². The fraction of sp³-hybridized carbons (Fsp3) is 0.222. The van der Waals surface area contributed by atoms with Gasteiger partial charge < -0.3 is 4.90 Å². The summed E-state index contributed by atoms with van der Waals surface area (Å²) in [5.74, 6) is -0.295. The summed E-state index contributed by atoms with van der Waals surface area (Å²) in [6.45, 7) is 0.421. The van der Waals surface area contributed by atoms with Crippen LogP contribution in [0.5, 0.6) is 0 Å². The van der Waals surface area contributed by atoms with Crippen LogP contribution in [0.15, 0.2) is 52.7 Å². The van der Waals surface area contributed by atoms with Crippen LogP contribution in [0.25, 0.3) is 10.6 Å². The van der Waals surface area contributed by atoms with Crippen LogP contribution >= 0.6 is 11.3 Å². The molecule has 0 radical (unpaired) electrons. The van der Waals surface area contributed by atoms with Crippen molar-refractivity contribution in [3.63, 3.8) is 0 Å². The molecule has 0 atom stereocenters. The van der Waals surface area contributed by atoms with E-state index in [0.717, 1.165) is 16.6 Å². The van der Waals surface area contributed by atoms with Crippen LogP contribution in [0.3, 0.4) is 0 Å². The maximum atomic E-state index is 12.9. The summed E-state index contributed by atoms with van der Waals surface area (Å²) in [5, 5.41) is 20.0. The first-order valence-electron chi connectivity index (χ1n) is 9.00. The highest BCUT2D eigenvalue weighted by molar-refractivity contribution is 7.89. The minimum atomic E-state index is -4.04. The minimum absolute atomic E-state index is 0.0440. The predicted molar refractivity (Wildman–Crippen MR) is 110 cm³/mol. The number of nitrogens with zero attached hydrogens (tertiary/aromatic N) is 4. The van der Waals surface area contributed by atoms with Crippen molar-refractivity contribution in [1.29, 1.82) is 0 Å². The van der Waals surface area contributed by atoms with E-state index in [-0.39, 0.29) is 42.7 Å². The van der Waals surface area contributed by atoms with E-state index in [1.165, 1.54) is 38.7 Å². The highest BCUT2D eigenvalue weighted by atomic mass is 32.2. The summed E-state index contributed by atoms with van der Waals surface area (Å²) >= 11 is 1.52. The Bertz CT molecular complexity index is 1180. The molecule has 4 rings (SSSR count). The molecule has 1 N–H and O–H groups in total. The standard InChI is InChI=1S/C18H17N5O5S2/c24-18(14-12-13(19-20-14)16-5-3-11-29-16)21-7-9-22(10-8-21)30(27,28)17-6-2-1-4-15(17)23(25)26/h1-6,11-12H,7-10H2,(H,19,20). The Morgan fingerprint density at radius 1 is 1.13 bits per heavy atom. The highest BCUT2D eigenvalue weighted by Gasteiger charge is 2.34. The number of hydrogen-bond donors (Lipinski definition) is 1. The van der Waals surface area contributed by atoms with Gasteiger partial charge in [-0.3, -0.25) is 20.0 Å². The second kappa shape index (κ2) is 7.97. The van der Waals surface area contributed by atoms with Crippen molar-refractivity contribution in [2.24, 2.45) is 0 Å². The van der Waals surface area contributed by atoms with Crippen LogP contribution in [0.1, 0.15) is 10.5 Å². The lowest BCUT2D eigenvalue weighted by molar-refractivity contribution is -0.387. The molecule has 1 aromatic carbocycles. The Kier molecular flexibility index (Phi) is 5.37. The first-order valence-corrected chi connectivity index (χ1v) is 11.3. The van der Waals surface area contributed by atoms with Gasteiger partial charge in [0.05, 0.1) is 15.5 Å². The third-order valence-corrected chi connectivity index (χ3v) is 7.64. The summed E-state index contributed by atoms with van der Waals surface area (Å²) in [5.41, 5.74) is 0.535. The third kappa shape index (κ3) is 3.72. The number of nitro benzene ring substituents is 1. The van der Waals surface area contributed by atoms with Crippen LogP contribution in [0.4, 0.5) is 5.69 Å². The minimum Gasteiger partial charge on any atom is -0.335 e. The van der Waals surface area contributed by atoms with Crippen molar-refractivity contribution in [2.45, 2.75) is 4.90 Å². The Labute approximate surface area is 175 Å². The number of thiophene rings is 1. The Balaban J connectivity index is 1.46. The number of H-pyrrole nitrogens is 1. The van der Waals surface area contributed by atoms with E-state index in [1.54, 1.807) is 6.07 Å². The number of carbonyl (C=O) groups excluding carboxylic acids is 1. The summed E-state index contributed by atoms with van der Waals surface area (Å²) in [6.07, 6.45) is 0. The summed E-state index contributed by atoms with van der Waals surface area (Å²) < 4.78 is 27.0. The molecule has 0 bridgehead atoms. The summed E-state index contributed by atoms with van der Waals surface area (Å²) in [4.78, 5) is 25.4. The average Bonchev–Trinajstić information content (AvgIpc) is 3.45. The largest absolute Gasteiger partial charge is 0.335 e. The van der Waals surface area contributed by atoms with Gasteiger partial charge in [0.25, 0.3) is 11.6 Å². The molecule has 1 amide bonds. The number of para-hydroxylation sites is 1. The molecule has 0 aliphatic carbocycles. The van der Waals surface area contributed by atoms with Crippen molar-refractivity contribution in [3.8, 4) is 10.6 Å². The van der Waals surface area contributed by atoms with Crippen molar-refractivity contribution in [2.75, 3.05) is 26.2 Å². The number of aromatic nitrogens is 2. The molecule has 3 aromatic rings. The molecule has 30 heavy (non-hydrogen) atoms. The second-order valence-corrected chi connectivity index (χ2v) is 9.42. The molecule has 0 unspecified atom stereocenters. The number of nitrogens with one attached hydrogen (secondary N) is 1. The molecular formula is C18H17N5O5S2.